The van der Waals surface area contributed by atoms with Gasteiger partial charge >= 0.3 is 6.18 Å². The van der Waals surface area contributed by atoms with Crippen molar-refractivity contribution in [1.29, 1.82) is 0 Å². The Morgan fingerprint density at radius 2 is 1.68 bits per heavy atom. The summed E-state index contributed by atoms with van der Waals surface area (Å²) in [6.45, 7) is 3.47. The van der Waals surface area contributed by atoms with Crippen molar-refractivity contribution in [2.45, 2.75) is 12.7 Å². The highest BCUT2D eigenvalue weighted by molar-refractivity contribution is 5.33. The largest absolute Gasteiger partial charge is 0.484 e. The second-order valence-electron chi connectivity index (χ2n) is 5.35. The van der Waals surface area contributed by atoms with E-state index in [4.69, 9.17) is 9.84 Å². The standard InChI is InChI=1S/C15H21F3N2O2/c16-15(17,18)12-22-14-4-2-1-3-13(14)11-20-7-5-19(6-8-20)9-10-21/h1-4,21H,5-12H2. The predicted molar refractivity (Wildman–Crippen MR) is 76.8 cm³/mol. The Balaban J connectivity index is 1.90. The molecule has 0 amide bonds. The number of nitrogens with zero attached hydrogens (tertiary/aromatic N) is 2. The Morgan fingerprint density at radius 1 is 1.05 bits per heavy atom. The van der Waals surface area contributed by atoms with Gasteiger partial charge in [-0.05, 0) is 6.07 Å². The zero-order valence-corrected chi connectivity index (χ0v) is 12.4. The molecule has 1 N–H and O–H groups in total. The first-order valence-corrected chi connectivity index (χ1v) is 7.31. The van der Waals surface area contributed by atoms with Crippen LogP contribution in [0, 0.1) is 0 Å². The number of alkyl halides is 3. The molecule has 4 nitrogen and oxygen atoms in total. The molecule has 1 aliphatic rings. The van der Waals surface area contributed by atoms with Gasteiger partial charge in [0.2, 0.25) is 0 Å². The second kappa shape index (κ2) is 7.80. The fourth-order valence-corrected chi connectivity index (χ4v) is 2.49. The van der Waals surface area contributed by atoms with Gasteiger partial charge in [-0.1, -0.05) is 18.2 Å². The first kappa shape index (κ1) is 17.1. The minimum Gasteiger partial charge on any atom is -0.484 e. The maximum Gasteiger partial charge on any atom is 0.422 e. The number of aliphatic hydroxyl groups is 1. The van der Waals surface area contributed by atoms with Gasteiger partial charge in [-0.15, -0.1) is 0 Å². The highest BCUT2D eigenvalue weighted by Gasteiger charge is 2.29. The van der Waals surface area contributed by atoms with Crippen LogP contribution < -0.4 is 4.74 Å². The summed E-state index contributed by atoms with van der Waals surface area (Å²) < 4.78 is 41.8. The monoisotopic (exact) mass is 318 g/mol. The zero-order valence-electron chi connectivity index (χ0n) is 12.4. The average molecular weight is 318 g/mol. The molecule has 0 atom stereocenters. The number of halogens is 3. The zero-order chi connectivity index (χ0) is 16.0. The molecule has 0 radical (unpaired) electrons. The third-order valence-electron chi connectivity index (χ3n) is 3.64. The SMILES string of the molecule is OCCN1CCN(Cc2ccccc2OCC(F)(F)F)CC1. The first-order chi connectivity index (χ1) is 10.5. The van der Waals surface area contributed by atoms with E-state index in [1.54, 1.807) is 24.3 Å². The second-order valence-corrected chi connectivity index (χ2v) is 5.35. The molecular weight excluding hydrogens is 297 g/mol. The van der Waals surface area contributed by atoms with Gasteiger partial charge in [-0.3, -0.25) is 9.80 Å². The van der Waals surface area contributed by atoms with Gasteiger partial charge in [0.1, 0.15) is 5.75 Å². The number of hydrogen-bond acceptors (Lipinski definition) is 4. The molecule has 0 spiro atoms. The molecule has 22 heavy (non-hydrogen) atoms. The quantitative estimate of drug-likeness (QED) is 0.867. The van der Waals surface area contributed by atoms with Crippen LogP contribution in [0.15, 0.2) is 24.3 Å². The lowest BCUT2D eigenvalue weighted by Crippen LogP contribution is -2.46. The Bertz CT molecular complexity index is 460. The lowest BCUT2D eigenvalue weighted by molar-refractivity contribution is -0.153. The lowest BCUT2D eigenvalue weighted by atomic mass is 10.1. The van der Waals surface area contributed by atoms with Gasteiger partial charge in [0.15, 0.2) is 6.61 Å². The molecule has 7 heteroatoms. The summed E-state index contributed by atoms with van der Waals surface area (Å²) in [5.41, 5.74) is 0.766. The van der Waals surface area contributed by atoms with E-state index in [0.717, 1.165) is 31.7 Å². The summed E-state index contributed by atoms with van der Waals surface area (Å²) in [6.07, 6.45) is -4.33. The van der Waals surface area contributed by atoms with E-state index in [2.05, 4.69) is 9.80 Å². The van der Waals surface area contributed by atoms with Crippen molar-refractivity contribution >= 4 is 0 Å². The minimum absolute atomic E-state index is 0.147. The van der Waals surface area contributed by atoms with Gasteiger partial charge in [0.25, 0.3) is 0 Å². The number of rotatable bonds is 6. The third-order valence-corrected chi connectivity index (χ3v) is 3.64. The number of benzene rings is 1. The van der Waals surface area contributed by atoms with Gasteiger partial charge in [0.05, 0.1) is 6.61 Å². The topological polar surface area (TPSA) is 35.9 Å². The Kier molecular flexibility index (Phi) is 6.05. The van der Waals surface area contributed by atoms with E-state index in [9.17, 15) is 13.2 Å². The van der Waals surface area contributed by atoms with Gasteiger partial charge in [-0.2, -0.15) is 13.2 Å². The smallest absolute Gasteiger partial charge is 0.422 e. The summed E-state index contributed by atoms with van der Waals surface area (Å²) >= 11 is 0. The number of aliphatic hydroxyl groups excluding tert-OH is 1. The van der Waals surface area contributed by atoms with Crippen LogP contribution in [-0.2, 0) is 6.54 Å². The molecule has 124 valence electrons. The Morgan fingerprint density at radius 3 is 2.32 bits per heavy atom. The third kappa shape index (κ3) is 5.47. The molecule has 1 aliphatic heterocycles. The van der Waals surface area contributed by atoms with Crippen LogP contribution >= 0.6 is 0 Å². The number of β-amino-alcohol motifs (C(OH)–C–C–N with tert-alkyl or cyclic N) is 1. The number of ether oxygens (including phenoxy) is 1. The van der Waals surface area contributed by atoms with E-state index in [0.29, 0.717) is 13.1 Å². The van der Waals surface area contributed by atoms with Gasteiger partial charge < -0.3 is 9.84 Å². The fraction of sp³-hybridized carbons (Fsp3) is 0.600. The maximum atomic E-state index is 12.3. The first-order valence-electron chi connectivity index (χ1n) is 7.31. The highest BCUT2D eigenvalue weighted by Crippen LogP contribution is 2.23. The lowest BCUT2D eigenvalue weighted by Gasteiger charge is -2.34. The number of piperazine rings is 1. The van der Waals surface area contributed by atoms with Gasteiger partial charge in [0, 0.05) is 44.8 Å². The predicted octanol–water partition coefficient (Wildman–Crippen LogP) is 1.74. The molecule has 1 fully saturated rings. The molecule has 0 bridgehead atoms. The van der Waals surface area contributed by atoms with Crippen molar-refractivity contribution in [2.24, 2.45) is 0 Å². The fourth-order valence-electron chi connectivity index (χ4n) is 2.49. The molecule has 2 rings (SSSR count). The summed E-state index contributed by atoms with van der Waals surface area (Å²) in [7, 11) is 0. The Hall–Kier alpha value is -1.31. The van der Waals surface area contributed by atoms with Crippen LogP contribution in [-0.4, -0.2) is 67.0 Å². The summed E-state index contributed by atoms with van der Waals surface area (Å²) in [5.74, 6) is 0.289. The van der Waals surface area contributed by atoms with Crippen LogP contribution in [0.3, 0.4) is 0 Å². The van der Waals surface area contributed by atoms with Crippen molar-refractivity contribution in [3.63, 3.8) is 0 Å². The highest BCUT2D eigenvalue weighted by atomic mass is 19.4. The van der Waals surface area contributed by atoms with Crippen molar-refractivity contribution in [2.75, 3.05) is 45.9 Å². The summed E-state index contributed by atoms with van der Waals surface area (Å²) in [4.78, 5) is 4.35. The number of hydrogen-bond donors (Lipinski definition) is 1. The van der Waals surface area contributed by atoms with Crippen molar-refractivity contribution < 1.29 is 23.0 Å². The average Bonchev–Trinajstić information content (AvgIpc) is 2.48. The van der Waals surface area contributed by atoms with Crippen LogP contribution in [0.1, 0.15) is 5.56 Å². The van der Waals surface area contributed by atoms with Crippen LogP contribution in [0.25, 0.3) is 0 Å². The molecule has 1 saturated heterocycles. The molecule has 0 unspecified atom stereocenters. The molecule has 0 saturated carbocycles. The van der Waals surface area contributed by atoms with E-state index >= 15 is 0 Å². The van der Waals surface area contributed by atoms with E-state index in [-0.39, 0.29) is 12.4 Å². The van der Waals surface area contributed by atoms with Crippen molar-refractivity contribution in [1.82, 2.24) is 9.80 Å². The van der Waals surface area contributed by atoms with Gasteiger partial charge in [-0.25, -0.2) is 0 Å². The van der Waals surface area contributed by atoms with E-state index in [1.807, 2.05) is 0 Å². The Labute approximate surface area is 128 Å². The number of para-hydroxylation sites is 1. The van der Waals surface area contributed by atoms with Crippen LogP contribution in [0.2, 0.25) is 0 Å². The summed E-state index contributed by atoms with van der Waals surface area (Å²) in [6, 6.07) is 6.85. The normalized spacial score (nSPS) is 17.6. The molecule has 0 aromatic heterocycles. The minimum atomic E-state index is -4.33. The van der Waals surface area contributed by atoms with Crippen LogP contribution in [0.4, 0.5) is 13.2 Å². The maximum absolute atomic E-state index is 12.3. The molecule has 1 aromatic carbocycles. The molecule has 1 aromatic rings. The van der Waals surface area contributed by atoms with E-state index < -0.39 is 12.8 Å². The molecular formula is C15H21F3N2O2. The molecule has 0 aliphatic carbocycles. The molecule has 1 heterocycles. The van der Waals surface area contributed by atoms with Crippen molar-refractivity contribution in [3.8, 4) is 5.75 Å². The van der Waals surface area contributed by atoms with Crippen molar-refractivity contribution in [3.05, 3.63) is 29.8 Å². The van der Waals surface area contributed by atoms with Crippen LogP contribution in [0.5, 0.6) is 5.75 Å². The summed E-state index contributed by atoms with van der Waals surface area (Å²) in [5, 5.41) is 8.92. The van der Waals surface area contributed by atoms with E-state index in [1.165, 1.54) is 0 Å².